The lowest BCUT2D eigenvalue weighted by molar-refractivity contribution is -0.137. The minimum absolute atomic E-state index is 0.121. The number of piperazine rings is 1. The van der Waals surface area contributed by atoms with Gasteiger partial charge in [0.05, 0.1) is 11.9 Å². The standard InChI is InChI=1S/C42H45N11O4/c1-25-5-4-6-26(2)37(25)46-38-33-21-43-42(47-39(33)49(3)48-38)44-30-8-7-27-13-14-50(22-28(27)19-30)24-36(55)52-17-15-51(16-18-52)31-9-10-32-29(20-31)23-53(41(32)57)34-11-12-35(54)45-40(34)56/h4-10,19-21,34H,11-18,22-24H2,1-3H3,(H,46,48)(H,43,44,47)(H,45,54,56). The van der Waals surface area contributed by atoms with E-state index < -0.39 is 11.9 Å². The zero-order valence-corrected chi connectivity index (χ0v) is 32.3. The third-order valence-corrected chi connectivity index (χ3v) is 11.7. The number of imide groups is 1. The molecule has 2 saturated heterocycles. The maximum absolute atomic E-state index is 13.6. The molecule has 3 N–H and O–H groups in total. The number of aryl methyl sites for hydroxylation is 3. The lowest BCUT2D eigenvalue weighted by Crippen LogP contribution is -2.52. The molecule has 292 valence electrons. The Morgan fingerprint density at radius 2 is 1.68 bits per heavy atom. The summed E-state index contributed by atoms with van der Waals surface area (Å²) in [6.45, 7) is 8.92. The summed E-state index contributed by atoms with van der Waals surface area (Å²) in [6, 6.07) is 17.7. The summed E-state index contributed by atoms with van der Waals surface area (Å²) in [5.41, 5.74) is 9.83. The van der Waals surface area contributed by atoms with Crippen molar-refractivity contribution in [3.63, 3.8) is 0 Å². The molecule has 0 spiro atoms. The Balaban J connectivity index is 0.794. The van der Waals surface area contributed by atoms with E-state index >= 15 is 0 Å². The monoisotopic (exact) mass is 767 g/mol. The third-order valence-electron chi connectivity index (χ3n) is 11.7. The van der Waals surface area contributed by atoms with Crippen LogP contribution in [0.4, 0.5) is 28.8 Å². The minimum atomic E-state index is -0.637. The van der Waals surface area contributed by atoms with Gasteiger partial charge in [0, 0.05) is 88.1 Å². The first-order valence-electron chi connectivity index (χ1n) is 19.5. The number of fused-ring (bicyclic) bond motifs is 3. The number of carbonyl (C=O) groups is 4. The number of nitrogens with zero attached hydrogens (tertiary/aromatic N) is 8. The molecule has 6 heterocycles. The average Bonchev–Trinajstić information content (AvgIpc) is 3.70. The highest BCUT2D eigenvalue weighted by Gasteiger charge is 2.39. The molecule has 0 saturated carbocycles. The van der Waals surface area contributed by atoms with Crippen LogP contribution in [0.1, 0.15) is 51.0 Å². The van der Waals surface area contributed by atoms with Crippen molar-refractivity contribution >= 4 is 63.5 Å². The van der Waals surface area contributed by atoms with Crippen molar-refractivity contribution in [2.75, 3.05) is 54.8 Å². The number of benzene rings is 3. The molecule has 0 aliphatic carbocycles. The fourth-order valence-electron chi connectivity index (χ4n) is 8.54. The molecule has 4 aliphatic rings. The van der Waals surface area contributed by atoms with Crippen LogP contribution in [-0.4, -0.2) is 103 Å². The smallest absolute Gasteiger partial charge is 0.255 e. The van der Waals surface area contributed by atoms with Crippen molar-refractivity contribution < 1.29 is 19.2 Å². The quantitative estimate of drug-likeness (QED) is 0.196. The zero-order valence-electron chi connectivity index (χ0n) is 32.3. The predicted octanol–water partition coefficient (Wildman–Crippen LogP) is 3.94. The number of carbonyl (C=O) groups excluding carboxylic acids is 4. The molecule has 9 rings (SSSR count). The molecule has 5 aromatic rings. The Labute approximate surface area is 330 Å². The summed E-state index contributed by atoms with van der Waals surface area (Å²) in [5.74, 6) is 0.423. The van der Waals surface area contributed by atoms with Gasteiger partial charge in [0.1, 0.15) is 6.04 Å². The summed E-state index contributed by atoms with van der Waals surface area (Å²) in [7, 11) is 1.88. The van der Waals surface area contributed by atoms with E-state index in [0.29, 0.717) is 75.2 Å². The summed E-state index contributed by atoms with van der Waals surface area (Å²) in [4.78, 5) is 68.2. The van der Waals surface area contributed by atoms with Crippen molar-refractivity contribution in [2.45, 2.75) is 52.2 Å². The molecule has 0 bridgehead atoms. The van der Waals surface area contributed by atoms with Crippen LogP contribution in [0.5, 0.6) is 0 Å². The fraction of sp³-hybridized carbons (Fsp3) is 0.357. The van der Waals surface area contributed by atoms with Gasteiger partial charge < -0.3 is 25.3 Å². The van der Waals surface area contributed by atoms with Crippen molar-refractivity contribution in [3.8, 4) is 0 Å². The lowest BCUT2D eigenvalue weighted by Gasteiger charge is -2.37. The Morgan fingerprint density at radius 3 is 2.47 bits per heavy atom. The molecule has 3 aromatic carbocycles. The van der Waals surface area contributed by atoms with Gasteiger partial charge in [0.2, 0.25) is 23.7 Å². The van der Waals surface area contributed by atoms with Crippen LogP contribution >= 0.6 is 0 Å². The molecule has 1 atom stereocenters. The number of piperidine rings is 1. The molecule has 4 aliphatic heterocycles. The number of amides is 4. The van der Waals surface area contributed by atoms with Gasteiger partial charge in [0.15, 0.2) is 11.5 Å². The highest BCUT2D eigenvalue weighted by molar-refractivity contribution is 6.05. The first-order valence-corrected chi connectivity index (χ1v) is 19.5. The fourth-order valence-corrected chi connectivity index (χ4v) is 8.54. The van der Waals surface area contributed by atoms with Gasteiger partial charge in [-0.1, -0.05) is 24.3 Å². The van der Waals surface area contributed by atoms with E-state index in [9.17, 15) is 19.2 Å². The highest BCUT2D eigenvalue weighted by Crippen LogP contribution is 2.32. The highest BCUT2D eigenvalue weighted by atomic mass is 16.2. The van der Waals surface area contributed by atoms with Crippen LogP contribution in [0.3, 0.4) is 0 Å². The Kier molecular flexibility index (Phi) is 9.31. The second-order valence-electron chi connectivity index (χ2n) is 15.5. The predicted molar refractivity (Wildman–Crippen MR) is 215 cm³/mol. The topological polar surface area (TPSA) is 161 Å². The van der Waals surface area contributed by atoms with Crippen molar-refractivity contribution in [3.05, 3.63) is 94.2 Å². The van der Waals surface area contributed by atoms with Gasteiger partial charge in [-0.2, -0.15) is 10.1 Å². The largest absolute Gasteiger partial charge is 0.368 e. The van der Waals surface area contributed by atoms with E-state index in [1.807, 2.05) is 36.2 Å². The van der Waals surface area contributed by atoms with E-state index in [4.69, 9.17) is 10.1 Å². The van der Waals surface area contributed by atoms with Crippen LogP contribution in [0.25, 0.3) is 11.0 Å². The number of para-hydroxylation sites is 1. The third kappa shape index (κ3) is 7.03. The molecule has 2 fully saturated rings. The Hall–Kier alpha value is -6.35. The summed E-state index contributed by atoms with van der Waals surface area (Å²) in [5, 5.41) is 14.8. The molecule has 4 amide bonds. The number of aromatic nitrogens is 4. The molecule has 1 unspecified atom stereocenters. The van der Waals surface area contributed by atoms with Crippen LogP contribution < -0.4 is 20.9 Å². The van der Waals surface area contributed by atoms with Crippen LogP contribution in [0, 0.1) is 13.8 Å². The van der Waals surface area contributed by atoms with E-state index in [1.165, 1.54) is 11.1 Å². The van der Waals surface area contributed by atoms with Crippen LogP contribution in [-0.2, 0) is 40.9 Å². The molecular formula is C42H45N11O4. The molecular weight excluding hydrogens is 723 g/mol. The molecule has 57 heavy (non-hydrogen) atoms. The van der Waals surface area contributed by atoms with Crippen molar-refractivity contribution in [2.24, 2.45) is 7.05 Å². The van der Waals surface area contributed by atoms with Crippen molar-refractivity contribution in [1.82, 2.24) is 39.8 Å². The number of hydrogen-bond donors (Lipinski definition) is 3. The summed E-state index contributed by atoms with van der Waals surface area (Å²) >= 11 is 0. The second-order valence-corrected chi connectivity index (χ2v) is 15.5. The average molecular weight is 768 g/mol. The molecule has 15 heteroatoms. The van der Waals surface area contributed by atoms with Gasteiger partial charge in [-0.3, -0.25) is 29.4 Å². The van der Waals surface area contributed by atoms with Gasteiger partial charge in [-0.15, -0.1) is 0 Å². The molecule has 2 aromatic heterocycles. The van der Waals surface area contributed by atoms with Gasteiger partial charge >= 0.3 is 0 Å². The van der Waals surface area contributed by atoms with E-state index in [0.717, 1.165) is 52.1 Å². The van der Waals surface area contributed by atoms with Crippen molar-refractivity contribution in [1.29, 1.82) is 0 Å². The van der Waals surface area contributed by atoms with E-state index in [-0.39, 0.29) is 24.1 Å². The minimum Gasteiger partial charge on any atom is -0.368 e. The number of rotatable bonds is 8. The van der Waals surface area contributed by atoms with E-state index in [1.54, 1.807) is 15.8 Å². The number of anilines is 5. The summed E-state index contributed by atoms with van der Waals surface area (Å²) < 4.78 is 1.76. The first kappa shape index (κ1) is 36.3. The molecule has 0 radical (unpaired) electrons. The van der Waals surface area contributed by atoms with Gasteiger partial charge in [-0.25, -0.2) is 9.67 Å². The van der Waals surface area contributed by atoms with Gasteiger partial charge in [0.25, 0.3) is 5.91 Å². The normalized spacial score (nSPS) is 18.5. The first-order chi connectivity index (χ1) is 27.6. The zero-order chi connectivity index (χ0) is 39.4. The maximum Gasteiger partial charge on any atom is 0.255 e. The Bertz CT molecular complexity index is 2430. The second kappa shape index (κ2) is 14.6. The molecule has 15 nitrogen and oxygen atoms in total. The lowest BCUT2D eigenvalue weighted by atomic mass is 9.99. The Morgan fingerprint density at radius 1 is 0.877 bits per heavy atom. The van der Waals surface area contributed by atoms with Gasteiger partial charge in [-0.05, 0) is 84.8 Å². The van der Waals surface area contributed by atoms with Crippen LogP contribution in [0.15, 0.2) is 60.8 Å². The summed E-state index contributed by atoms with van der Waals surface area (Å²) in [6.07, 6.45) is 3.23. The number of hydrogen-bond acceptors (Lipinski definition) is 11. The maximum atomic E-state index is 13.6. The SMILES string of the molecule is Cc1cccc(C)c1Nc1nn(C)c2nc(Nc3ccc4c(c3)CN(CC(=O)N3CCN(c5ccc6c(c5)CN(C5CCC(=O)NC5=O)C6=O)CC3)CC4)ncc12. The van der Waals surface area contributed by atoms with E-state index in [2.05, 4.69) is 74.9 Å². The van der Waals surface area contributed by atoms with Crippen LogP contribution in [0.2, 0.25) is 0 Å². The number of nitrogens with one attached hydrogen (secondary N) is 3.